The lowest BCUT2D eigenvalue weighted by molar-refractivity contribution is 0.199. The van der Waals surface area contributed by atoms with E-state index in [1.54, 1.807) is 6.92 Å². The second kappa shape index (κ2) is 8.67. The highest BCUT2D eigenvalue weighted by molar-refractivity contribution is 5.11. The number of hydrogen-bond donors (Lipinski definition) is 1. The SMILES string of the molecule is C#C[C@H](C)[C@@H](O)C#CCCCCCC. The summed E-state index contributed by atoms with van der Waals surface area (Å²) < 4.78 is 0. The number of rotatable bonds is 5. The van der Waals surface area contributed by atoms with E-state index in [1.165, 1.54) is 19.3 Å². The van der Waals surface area contributed by atoms with Crippen LogP contribution in [-0.2, 0) is 0 Å². The monoisotopic (exact) mass is 192 g/mol. The first-order valence-corrected chi connectivity index (χ1v) is 5.35. The molecule has 14 heavy (non-hydrogen) atoms. The summed E-state index contributed by atoms with van der Waals surface area (Å²) >= 11 is 0. The predicted molar refractivity (Wildman–Crippen MR) is 60.5 cm³/mol. The molecular formula is C13H20O. The van der Waals surface area contributed by atoms with Gasteiger partial charge >= 0.3 is 0 Å². The van der Waals surface area contributed by atoms with Gasteiger partial charge in [-0.3, -0.25) is 0 Å². The summed E-state index contributed by atoms with van der Waals surface area (Å²) in [6.45, 7) is 3.99. The molecule has 0 aromatic carbocycles. The molecule has 78 valence electrons. The van der Waals surface area contributed by atoms with Crippen LogP contribution in [-0.4, -0.2) is 11.2 Å². The zero-order valence-electron chi connectivity index (χ0n) is 9.21. The number of hydrogen-bond acceptors (Lipinski definition) is 1. The predicted octanol–water partition coefficient (Wildman–Crippen LogP) is 2.59. The Kier molecular flexibility index (Phi) is 8.10. The van der Waals surface area contributed by atoms with Gasteiger partial charge in [0, 0.05) is 6.42 Å². The fourth-order valence-corrected chi connectivity index (χ4v) is 1.03. The fraction of sp³-hybridized carbons (Fsp3) is 0.692. The van der Waals surface area contributed by atoms with Crippen molar-refractivity contribution in [3.8, 4) is 24.2 Å². The summed E-state index contributed by atoms with van der Waals surface area (Å²) in [7, 11) is 0. The highest BCUT2D eigenvalue weighted by atomic mass is 16.3. The Morgan fingerprint density at radius 1 is 1.29 bits per heavy atom. The van der Waals surface area contributed by atoms with Crippen LogP contribution < -0.4 is 0 Å². The van der Waals surface area contributed by atoms with Gasteiger partial charge in [-0.15, -0.1) is 12.3 Å². The van der Waals surface area contributed by atoms with Gasteiger partial charge in [0.15, 0.2) is 0 Å². The van der Waals surface area contributed by atoms with Crippen LogP contribution in [0.5, 0.6) is 0 Å². The van der Waals surface area contributed by atoms with E-state index in [2.05, 4.69) is 24.7 Å². The average molecular weight is 192 g/mol. The van der Waals surface area contributed by atoms with Gasteiger partial charge in [-0.1, -0.05) is 38.0 Å². The van der Waals surface area contributed by atoms with Gasteiger partial charge in [-0.2, -0.15) is 0 Å². The Balaban J connectivity index is 3.57. The molecule has 0 rings (SSSR count). The van der Waals surface area contributed by atoms with Crippen molar-refractivity contribution < 1.29 is 5.11 Å². The molecule has 0 fully saturated rings. The van der Waals surface area contributed by atoms with Gasteiger partial charge in [0.25, 0.3) is 0 Å². The summed E-state index contributed by atoms with van der Waals surface area (Å²) in [5.41, 5.74) is 0. The van der Waals surface area contributed by atoms with E-state index < -0.39 is 6.10 Å². The van der Waals surface area contributed by atoms with Gasteiger partial charge in [-0.25, -0.2) is 0 Å². The van der Waals surface area contributed by atoms with Crippen LogP contribution in [0, 0.1) is 30.1 Å². The van der Waals surface area contributed by atoms with Crippen LogP contribution in [0.3, 0.4) is 0 Å². The average Bonchev–Trinajstić information content (AvgIpc) is 2.21. The molecule has 2 atom stereocenters. The van der Waals surface area contributed by atoms with Crippen LogP contribution >= 0.6 is 0 Å². The van der Waals surface area contributed by atoms with E-state index in [9.17, 15) is 5.11 Å². The Bertz CT molecular complexity index is 226. The minimum Gasteiger partial charge on any atom is -0.379 e. The molecule has 0 amide bonds. The Morgan fingerprint density at radius 2 is 2.00 bits per heavy atom. The van der Waals surface area contributed by atoms with Gasteiger partial charge in [0.2, 0.25) is 0 Å². The molecule has 0 aliphatic heterocycles. The largest absolute Gasteiger partial charge is 0.379 e. The molecule has 1 nitrogen and oxygen atoms in total. The van der Waals surface area contributed by atoms with Crippen LogP contribution in [0.25, 0.3) is 0 Å². The van der Waals surface area contributed by atoms with E-state index in [4.69, 9.17) is 6.42 Å². The minimum absolute atomic E-state index is 0.168. The standard InChI is InChI=1S/C13H20O/c1-4-6-7-8-9-10-11-13(14)12(3)5-2/h2,12-14H,4,6-9H2,1,3H3/t12-,13-/m0/s1. The molecule has 0 aromatic heterocycles. The van der Waals surface area contributed by atoms with Crippen molar-refractivity contribution in [1.82, 2.24) is 0 Å². The summed E-state index contributed by atoms with van der Waals surface area (Å²) in [6, 6.07) is 0. The Labute approximate surface area is 87.9 Å². The van der Waals surface area contributed by atoms with Gasteiger partial charge in [0.1, 0.15) is 6.10 Å². The third-order valence-electron chi connectivity index (χ3n) is 2.14. The molecule has 1 N–H and O–H groups in total. The first kappa shape index (κ1) is 13.1. The normalized spacial score (nSPS) is 13.6. The molecule has 0 saturated carbocycles. The lowest BCUT2D eigenvalue weighted by Gasteiger charge is -2.04. The summed E-state index contributed by atoms with van der Waals surface area (Å²) in [5.74, 6) is 8.04. The topological polar surface area (TPSA) is 20.2 Å². The smallest absolute Gasteiger partial charge is 0.128 e. The molecule has 0 spiro atoms. The zero-order valence-corrected chi connectivity index (χ0v) is 9.21. The summed E-state index contributed by atoms with van der Waals surface area (Å²) in [6.07, 6.45) is 10.2. The lowest BCUT2D eigenvalue weighted by Crippen LogP contribution is -2.12. The van der Waals surface area contributed by atoms with Crippen molar-refractivity contribution >= 4 is 0 Å². The number of aliphatic hydroxyl groups is 1. The van der Waals surface area contributed by atoms with Crippen molar-refractivity contribution in [2.45, 2.75) is 52.1 Å². The molecular weight excluding hydrogens is 172 g/mol. The van der Waals surface area contributed by atoms with Crippen LogP contribution in [0.1, 0.15) is 46.0 Å². The maximum Gasteiger partial charge on any atom is 0.128 e. The van der Waals surface area contributed by atoms with E-state index in [0.717, 1.165) is 12.8 Å². The number of unbranched alkanes of at least 4 members (excludes halogenated alkanes) is 4. The molecule has 0 aromatic rings. The number of aliphatic hydroxyl groups excluding tert-OH is 1. The third-order valence-corrected chi connectivity index (χ3v) is 2.14. The van der Waals surface area contributed by atoms with E-state index in [0.29, 0.717) is 0 Å². The van der Waals surface area contributed by atoms with Crippen LogP contribution in [0.15, 0.2) is 0 Å². The summed E-state index contributed by atoms with van der Waals surface area (Å²) in [4.78, 5) is 0. The van der Waals surface area contributed by atoms with Crippen molar-refractivity contribution in [3.63, 3.8) is 0 Å². The highest BCUT2D eigenvalue weighted by Crippen LogP contribution is 2.02. The van der Waals surface area contributed by atoms with Crippen molar-refractivity contribution in [3.05, 3.63) is 0 Å². The Morgan fingerprint density at radius 3 is 2.57 bits per heavy atom. The van der Waals surface area contributed by atoms with Crippen molar-refractivity contribution in [2.75, 3.05) is 0 Å². The fourth-order valence-electron chi connectivity index (χ4n) is 1.03. The molecule has 1 heteroatoms. The molecule has 0 bridgehead atoms. The van der Waals surface area contributed by atoms with E-state index in [-0.39, 0.29) is 5.92 Å². The van der Waals surface area contributed by atoms with Crippen molar-refractivity contribution in [1.29, 1.82) is 0 Å². The molecule has 0 unspecified atom stereocenters. The lowest BCUT2D eigenvalue weighted by atomic mass is 10.1. The third kappa shape index (κ3) is 6.58. The molecule has 0 saturated heterocycles. The highest BCUT2D eigenvalue weighted by Gasteiger charge is 2.06. The van der Waals surface area contributed by atoms with E-state index >= 15 is 0 Å². The maximum absolute atomic E-state index is 9.40. The van der Waals surface area contributed by atoms with Crippen LogP contribution in [0.2, 0.25) is 0 Å². The summed E-state index contributed by atoms with van der Waals surface area (Å²) in [5, 5.41) is 9.40. The molecule has 0 aliphatic carbocycles. The van der Waals surface area contributed by atoms with Crippen molar-refractivity contribution in [2.24, 2.45) is 5.92 Å². The van der Waals surface area contributed by atoms with Gasteiger partial charge < -0.3 is 5.11 Å². The van der Waals surface area contributed by atoms with Gasteiger partial charge in [-0.05, 0) is 13.3 Å². The molecule has 0 heterocycles. The van der Waals surface area contributed by atoms with Crippen LogP contribution in [0.4, 0.5) is 0 Å². The van der Waals surface area contributed by atoms with Gasteiger partial charge in [0.05, 0.1) is 5.92 Å². The first-order chi connectivity index (χ1) is 6.72. The second-order valence-corrected chi connectivity index (χ2v) is 3.53. The van der Waals surface area contributed by atoms with E-state index in [1.807, 2.05) is 0 Å². The quantitative estimate of drug-likeness (QED) is 0.524. The molecule has 0 radical (unpaired) electrons. The maximum atomic E-state index is 9.40. The zero-order chi connectivity index (χ0) is 10.8. The first-order valence-electron chi connectivity index (χ1n) is 5.35. The minimum atomic E-state index is -0.661. The second-order valence-electron chi connectivity index (χ2n) is 3.53. The molecule has 0 aliphatic rings. The number of terminal acetylenes is 1. The Hall–Kier alpha value is -0.920.